The van der Waals surface area contributed by atoms with Crippen LogP contribution in [0.1, 0.15) is 77.0 Å². The van der Waals surface area contributed by atoms with Crippen LogP contribution in [0.25, 0.3) is 0 Å². The Kier molecular flexibility index (Phi) is 9.99. The van der Waals surface area contributed by atoms with Crippen molar-refractivity contribution in [2.45, 2.75) is 77.0 Å². The Labute approximate surface area is 124 Å². The summed E-state index contributed by atoms with van der Waals surface area (Å²) in [5, 5.41) is 8.50. The maximum atomic E-state index is 10.3. The molecule has 0 aromatic heterocycles. The van der Waals surface area contributed by atoms with Gasteiger partial charge in [0.2, 0.25) is 0 Å². The summed E-state index contributed by atoms with van der Waals surface area (Å²) >= 11 is 0. The summed E-state index contributed by atoms with van der Waals surface area (Å²) in [5.41, 5.74) is 0. The second-order valence-electron chi connectivity index (χ2n) is 5.87. The SMILES string of the molecule is O=C(O)CCCCC=CCCCCCC[C@H]1C=CCC1. The van der Waals surface area contributed by atoms with Gasteiger partial charge in [0.05, 0.1) is 0 Å². The van der Waals surface area contributed by atoms with Crippen molar-refractivity contribution in [1.82, 2.24) is 0 Å². The van der Waals surface area contributed by atoms with Crippen LogP contribution in [0, 0.1) is 5.92 Å². The van der Waals surface area contributed by atoms with Gasteiger partial charge in [0.1, 0.15) is 0 Å². The molecule has 1 rings (SSSR count). The lowest BCUT2D eigenvalue weighted by atomic mass is 10.00. The van der Waals surface area contributed by atoms with E-state index >= 15 is 0 Å². The van der Waals surface area contributed by atoms with E-state index in [2.05, 4.69) is 24.3 Å². The maximum absolute atomic E-state index is 10.3. The second-order valence-corrected chi connectivity index (χ2v) is 5.87. The minimum Gasteiger partial charge on any atom is -0.481 e. The number of unbranched alkanes of at least 4 members (excludes halogenated alkanes) is 6. The van der Waals surface area contributed by atoms with Crippen LogP contribution in [0.3, 0.4) is 0 Å². The number of hydrogen-bond acceptors (Lipinski definition) is 1. The predicted octanol–water partition coefficient (Wildman–Crippen LogP) is 5.49. The van der Waals surface area contributed by atoms with E-state index < -0.39 is 5.97 Å². The summed E-state index contributed by atoms with van der Waals surface area (Å²) in [6.07, 6.45) is 23.0. The van der Waals surface area contributed by atoms with Gasteiger partial charge in [-0.15, -0.1) is 0 Å². The van der Waals surface area contributed by atoms with Crippen molar-refractivity contribution in [1.29, 1.82) is 0 Å². The number of carboxylic acid groups (broad SMARTS) is 1. The highest BCUT2D eigenvalue weighted by atomic mass is 16.4. The third-order valence-electron chi connectivity index (χ3n) is 3.99. The normalized spacial score (nSPS) is 18.1. The number of aliphatic carboxylic acids is 1. The van der Waals surface area contributed by atoms with E-state index in [-0.39, 0.29) is 0 Å². The van der Waals surface area contributed by atoms with E-state index in [1.54, 1.807) is 0 Å². The van der Waals surface area contributed by atoms with Crippen LogP contribution in [-0.2, 0) is 4.79 Å². The van der Waals surface area contributed by atoms with Crippen molar-refractivity contribution in [3.8, 4) is 0 Å². The highest BCUT2D eigenvalue weighted by molar-refractivity contribution is 5.66. The van der Waals surface area contributed by atoms with Crippen LogP contribution in [0.4, 0.5) is 0 Å². The lowest BCUT2D eigenvalue weighted by molar-refractivity contribution is -0.137. The molecule has 2 nitrogen and oxygen atoms in total. The summed E-state index contributed by atoms with van der Waals surface area (Å²) in [7, 11) is 0. The average molecular weight is 278 g/mol. The van der Waals surface area contributed by atoms with Crippen molar-refractivity contribution in [2.75, 3.05) is 0 Å². The summed E-state index contributed by atoms with van der Waals surface area (Å²) in [6.45, 7) is 0. The van der Waals surface area contributed by atoms with Crippen LogP contribution >= 0.6 is 0 Å². The Morgan fingerprint density at radius 2 is 1.75 bits per heavy atom. The summed E-state index contributed by atoms with van der Waals surface area (Å²) in [6, 6.07) is 0. The topological polar surface area (TPSA) is 37.3 Å². The molecular formula is C18H30O2. The molecule has 2 heteroatoms. The lowest BCUT2D eigenvalue weighted by Crippen LogP contribution is -1.92. The first-order valence-electron chi connectivity index (χ1n) is 8.32. The van der Waals surface area contributed by atoms with E-state index in [0.717, 1.165) is 25.2 Å². The lowest BCUT2D eigenvalue weighted by Gasteiger charge is -2.06. The maximum Gasteiger partial charge on any atom is 0.303 e. The molecule has 0 fully saturated rings. The number of allylic oxidation sites excluding steroid dienone is 4. The van der Waals surface area contributed by atoms with E-state index in [0.29, 0.717) is 6.42 Å². The van der Waals surface area contributed by atoms with Crippen molar-refractivity contribution in [3.05, 3.63) is 24.3 Å². The Balaban J connectivity index is 1.77. The van der Waals surface area contributed by atoms with Crippen LogP contribution in [0.5, 0.6) is 0 Å². The van der Waals surface area contributed by atoms with Crippen molar-refractivity contribution < 1.29 is 9.90 Å². The van der Waals surface area contributed by atoms with E-state index in [1.165, 1.54) is 51.4 Å². The molecule has 1 aliphatic carbocycles. The van der Waals surface area contributed by atoms with Crippen LogP contribution in [0.2, 0.25) is 0 Å². The van der Waals surface area contributed by atoms with Crippen molar-refractivity contribution >= 4 is 5.97 Å². The first kappa shape index (κ1) is 17.0. The van der Waals surface area contributed by atoms with Crippen molar-refractivity contribution in [2.24, 2.45) is 5.92 Å². The van der Waals surface area contributed by atoms with Gasteiger partial charge in [0.25, 0.3) is 0 Å². The highest BCUT2D eigenvalue weighted by Crippen LogP contribution is 2.23. The summed E-state index contributed by atoms with van der Waals surface area (Å²) in [4.78, 5) is 10.3. The molecule has 0 heterocycles. The Morgan fingerprint density at radius 1 is 1.05 bits per heavy atom. The van der Waals surface area contributed by atoms with Crippen LogP contribution in [-0.4, -0.2) is 11.1 Å². The minimum absolute atomic E-state index is 0.310. The smallest absolute Gasteiger partial charge is 0.303 e. The Hall–Kier alpha value is -1.05. The molecule has 0 aromatic rings. The Morgan fingerprint density at radius 3 is 2.40 bits per heavy atom. The molecule has 1 atom stereocenters. The zero-order valence-corrected chi connectivity index (χ0v) is 12.7. The van der Waals surface area contributed by atoms with Crippen LogP contribution in [0.15, 0.2) is 24.3 Å². The third kappa shape index (κ3) is 9.82. The first-order chi connectivity index (χ1) is 9.79. The van der Waals surface area contributed by atoms with E-state index in [1.807, 2.05) is 0 Å². The molecule has 1 N–H and O–H groups in total. The van der Waals surface area contributed by atoms with Gasteiger partial charge in [-0.05, 0) is 57.3 Å². The fraction of sp³-hybridized carbons (Fsp3) is 0.722. The molecule has 0 spiro atoms. The van der Waals surface area contributed by atoms with Gasteiger partial charge in [-0.25, -0.2) is 0 Å². The van der Waals surface area contributed by atoms with Gasteiger partial charge in [-0.3, -0.25) is 4.79 Å². The number of carbonyl (C=O) groups is 1. The van der Waals surface area contributed by atoms with Gasteiger partial charge in [0, 0.05) is 6.42 Å². The van der Waals surface area contributed by atoms with Gasteiger partial charge < -0.3 is 5.11 Å². The predicted molar refractivity (Wildman–Crippen MR) is 84.8 cm³/mol. The molecule has 0 saturated heterocycles. The molecule has 0 amide bonds. The first-order valence-corrected chi connectivity index (χ1v) is 8.32. The van der Waals surface area contributed by atoms with Gasteiger partial charge in [-0.1, -0.05) is 43.6 Å². The molecule has 0 aromatic carbocycles. The number of hydrogen-bond donors (Lipinski definition) is 1. The third-order valence-corrected chi connectivity index (χ3v) is 3.99. The molecule has 1 aliphatic rings. The zero-order valence-electron chi connectivity index (χ0n) is 12.7. The standard InChI is InChI=1S/C18H30O2/c19-18(20)16-10-8-6-4-2-1-3-5-7-9-13-17-14-11-12-15-17/h2,4,11,14,17H,1,3,5-10,12-13,15-16H2,(H,19,20)/t17-/m0/s1. The monoisotopic (exact) mass is 278 g/mol. The molecule has 114 valence electrons. The fourth-order valence-electron chi connectivity index (χ4n) is 2.73. The van der Waals surface area contributed by atoms with Gasteiger partial charge in [-0.2, -0.15) is 0 Å². The van der Waals surface area contributed by atoms with Gasteiger partial charge >= 0.3 is 5.97 Å². The fourth-order valence-corrected chi connectivity index (χ4v) is 2.73. The quantitative estimate of drug-likeness (QED) is 0.378. The van der Waals surface area contributed by atoms with Crippen LogP contribution < -0.4 is 0 Å². The number of carboxylic acids is 1. The Bertz CT molecular complexity index is 305. The average Bonchev–Trinajstić information content (AvgIpc) is 2.93. The van der Waals surface area contributed by atoms with Gasteiger partial charge in [0.15, 0.2) is 0 Å². The molecule has 0 aliphatic heterocycles. The zero-order chi connectivity index (χ0) is 14.5. The van der Waals surface area contributed by atoms with E-state index in [4.69, 9.17) is 5.11 Å². The summed E-state index contributed by atoms with van der Waals surface area (Å²) < 4.78 is 0. The highest BCUT2D eigenvalue weighted by Gasteiger charge is 2.07. The summed E-state index contributed by atoms with van der Waals surface area (Å²) in [5.74, 6) is 0.197. The van der Waals surface area contributed by atoms with E-state index in [9.17, 15) is 4.79 Å². The molecule has 0 saturated carbocycles. The second kappa shape index (κ2) is 11.7. The largest absolute Gasteiger partial charge is 0.481 e. The van der Waals surface area contributed by atoms with Crippen molar-refractivity contribution in [3.63, 3.8) is 0 Å². The molecule has 0 bridgehead atoms. The molecule has 0 radical (unpaired) electrons. The molecular weight excluding hydrogens is 248 g/mol. The number of rotatable bonds is 12. The minimum atomic E-state index is -0.679. The molecule has 20 heavy (non-hydrogen) atoms. The molecule has 0 unspecified atom stereocenters.